The number of aryl methyl sites for hydroxylation is 3. The topological polar surface area (TPSA) is 70.2 Å². The molecule has 2 aromatic carbocycles. The van der Waals surface area contributed by atoms with Crippen molar-refractivity contribution in [2.75, 3.05) is 11.9 Å². The first kappa shape index (κ1) is 18.4. The van der Waals surface area contributed by atoms with Crippen molar-refractivity contribution in [1.29, 1.82) is 0 Å². The van der Waals surface area contributed by atoms with Gasteiger partial charge in [-0.15, -0.1) is 0 Å². The maximum absolute atomic E-state index is 13.1. The van der Waals surface area contributed by atoms with Crippen LogP contribution in [-0.4, -0.2) is 18.4 Å². The Balaban J connectivity index is 1.69. The van der Waals surface area contributed by atoms with E-state index in [-0.39, 0.29) is 30.6 Å². The summed E-state index contributed by atoms with van der Waals surface area (Å²) in [4.78, 5) is 23.5. The molecule has 0 fully saturated rings. The molecule has 2 amide bonds. The molecule has 132 valence electrons. The quantitative estimate of drug-likeness (QED) is 0.706. The van der Waals surface area contributed by atoms with E-state index in [0.29, 0.717) is 6.42 Å². The van der Waals surface area contributed by atoms with Gasteiger partial charge in [0.2, 0.25) is 5.91 Å². The molecule has 0 atom stereocenters. The van der Waals surface area contributed by atoms with Gasteiger partial charge in [-0.25, -0.2) is 4.39 Å². The van der Waals surface area contributed by atoms with Gasteiger partial charge in [-0.3, -0.25) is 20.4 Å². The number of carbonyl (C=O) groups excluding carboxylic acids is 2. The van der Waals surface area contributed by atoms with Crippen LogP contribution in [0.1, 0.15) is 23.1 Å². The SMILES string of the molecule is Cc1ccc(NCC(=O)NNC(=O)CCc2cccc(F)c2)c(C)c1. The van der Waals surface area contributed by atoms with Crippen LogP contribution >= 0.6 is 0 Å². The number of hydrogen-bond donors (Lipinski definition) is 3. The van der Waals surface area contributed by atoms with E-state index < -0.39 is 0 Å². The minimum Gasteiger partial charge on any atom is -0.376 e. The number of anilines is 1. The zero-order chi connectivity index (χ0) is 18.2. The van der Waals surface area contributed by atoms with E-state index in [2.05, 4.69) is 16.2 Å². The molecule has 3 N–H and O–H groups in total. The normalized spacial score (nSPS) is 10.2. The van der Waals surface area contributed by atoms with Crippen molar-refractivity contribution in [1.82, 2.24) is 10.9 Å². The lowest BCUT2D eigenvalue weighted by molar-refractivity contribution is -0.128. The first-order chi connectivity index (χ1) is 11.9. The van der Waals surface area contributed by atoms with Gasteiger partial charge in [0, 0.05) is 12.1 Å². The summed E-state index contributed by atoms with van der Waals surface area (Å²) < 4.78 is 13.1. The van der Waals surface area contributed by atoms with Gasteiger partial charge in [-0.1, -0.05) is 29.8 Å². The molecular formula is C19H22FN3O2. The largest absolute Gasteiger partial charge is 0.376 e. The highest BCUT2D eigenvalue weighted by molar-refractivity contribution is 5.84. The molecule has 2 aromatic rings. The minimum absolute atomic E-state index is 0.0497. The smallest absolute Gasteiger partial charge is 0.257 e. The third kappa shape index (κ3) is 6.25. The van der Waals surface area contributed by atoms with Gasteiger partial charge in [-0.2, -0.15) is 0 Å². The molecule has 5 nitrogen and oxygen atoms in total. The van der Waals surface area contributed by atoms with Crippen LogP contribution in [0.5, 0.6) is 0 Å². The Kier molecular flexibility index (Phi) is 6.51. The van der Waals surface area contributed by atoms with Crippen molar-refractivity contribution >= 4 is 17.5 Å². The summed E-state index contributed by atoms with van der Waals surface area (Å²) in [7, 11) is 0. The Morgan fingerprint density at radius 2 is 1.76 bits per heavy atom. The van der Waals surface area contributed by atoms with E-state index in [4.69, 9.17) is 0 Å². The minimum atomic E-state index is -0.348. The van der Waals surface area contributed by atoms with Crippen LogP contribution in [0.4, 0.5) is 10.1 Å². The fourth-order valence-corrected chi connectivity index (χ4v) is 2.38. The summed E-state index contributed by atoms with van der Waals surface area (Å²) >= 11 is 0. The summed E-state index contributed by atoms with van der Waals surface area (Å²) in [6, 6.07) is 12.0. The van der Waals surface area contributed by atoms with Crippen molar-refractivity contribution in [2.45, 2.75) is 26.7 Å². The lowest BCUT2D eigenvalue weighted by atomic mass is 10.1. The highest BCUT2D eigenvalue weighted by atomic mass is 19.1. The fourth-order valence-electron chi connectivity index (χ4n) is 2.38. The van der Waals surface area contributed by atoms with E-state index in [0.717, 1.165) is 22.4 Å². The predicted octanol–water partition coefficient (Wildman–Crippen LogP) is 2.63. The molecule has 0 bridgehead atoms. The number of halogens is 1. The van der Waals surface area contributed by atoms with Crippen LogP contribution in [0.25, 0.3) is 0 Å². The van der Waals surface area contributed by atoms with Crippen LogP contribution < -0.4 is 16.2 Å². The van der Waals surface area contributed by atoms with Crippen LogP contribution in [-0.2, 0) is 16.0 Å². The Morgan fingerprint density at radius 1 is 1.00 bits per heavy atom. The second-order valence-electron chi connectivity index (χ2n) is 5.90. The van der Waals surface area contributed by atoms with Crippen LogP contribution in [0.15, 0.2) is 42.5 Å². The maximum Gasteiger partial charge on any atom is 0.257 e. The molecule has 0 aliphatic carbocycles. The van der Waals surface area contributed by atoms with Gasteiger partial charge < -0.3 is 5.32 Å². The summed E-state index contributed by atoms with van der Waals surface area (Å²) in [6.45, 7) is 4.01. The third-order valence-electron chi connectivity index (χ3n) is 3.69. The lowest BCUT2D eigenvalue weighted by Crippen LogP contribution is -2.44. The molecular weight excluding hydrogens is 321 g/mol. The van der Waals surface area contributed by atoms with Crippen molar-refractivity contribution in [3.63, 3.8) is 0 Å². The van der Waals surface area contributed by atoms with E-state index in [9.17, 15) is 14.0 Å². The summed E-state index contributed by atoms with van der Waals surface area (Å²) in [5.74, 6) is -1.01. The highest BCUT2D eigenvalue weighted by Gasteiger charge is 2.06. The Labute approximate surface area is 146 Å². The van der Waals surface area contributed by atoms with Gasteiger partial charge >= 0.3 is 0 Å². The Morgan fingerprint density at radius 3 is 2.48 bits per heavy atom. The molecule has 0 radical (unpaired) electrons. The molecule has 0 aromatic heterocycles. The molecule has 0 saturated carbocycles. The fraction of sp³-hybridized carbons (Fsp3) is 0.263. The van der Waals surface area contributed by atoms with Gasteiger partial charge in [0.05, 0.1) is 6.54 Å². The van der Waals surface area contributed by atoms with Gasteiger partial charge in [0.25, 0.3) is 5.91 Å². The first-order valence-corrected chi connectivity index (χ1v) is 8.07. The molecule has 0 unspecified atom stereocenters. The number of rotatable bonds is 6. The molecule has 0 saturated heterocycles. The van der Waals surface area contributed by atoms with E-state index in [1.54, 1.807) is 12.1 Å². The zero-order valence-electron chi connectivity index (χ0n) is 14.4. The Bertz CT molecular complexity index is 762. The summed E-state index contributed by atoms with van der Waals surface area (Å²) in [5.41, 5.74) is 8.52. The van der Waals surface area contributed by atoms with Crippen molar-refractivity contribution in [3.8, 4) is 0 Å². The summed E-state index contributed by atoms with van der Waals surface area (Å²) in [5, 5.41) is 3.02. The van der Waals surface area contributed by atoms with Crippen molar-refractivity contribution in [2.24, 2.45) is 0 Å². The van der Waals surface area contributed by atoms with Crippen LogP contribution in [0, 0.1) is 19.7 Å². The zero-order valence-corrected chi connectivity index (χ0v) is 14.4. The highest BCUT2D eigenvalue weighted by Crippen LogP contribution is 2.15. The second-order valence-corrected chi connectivity index (χ2v) is 5.90. The van der Waals surface area contributed by atoms with Gasteiger partial charge in [0.15, 0.2) is 0 Å². The predicted molar refractivity (Wildman–Crippen MR) is 95.4 cm³/mol. The molecule has 25 heavy (non-hydrogen) atoms. The number of carbonyl (C=O) groups is 2. The van der Waals surface area contributed by atoms with Crippen molar-refractivity contribution in [3.05, 3.63) is 65.0 Å². The van der Waals surface area contributed by atoms with Crippen molar-refractivity contribution < 1.29 is 14.0 Å². The third-order valence-corrected chi connectivity index (χ3v) is 3.69. The number of hydrogen-bond acceptors (Lipinski definition) is 3. The van der Waals surface area contributed by atoms with E-state index in [1.807, 2.05) is 32.0 Å². The Hall–Kier alpha value is -2.89. The number of hydrazine groups is 1. The van der Waals surface area contributed by atoms with Crippen LogP contribution in [0.3, 0.4) is 0 Å². The number of amides is 2. The second kappa shape index (κ2) is 8.82. The monoisotopic (exact) mass is 343 g/mol. The molecule has 6 heteroatoms. The first-order valence-electron chi connectivity index (χ1n) is 8.07. The molecule has 0 spiro atoms. The van der Waals surface area contributed by atoms with Gasteiger partial charge in [-0.05, 0) is 49.6 Å². The van der Waals surface area contributed by atoms with Gasteiger partial charge in [0.1, 0.15) is 5.82 Å². The summed E-state index contributed by atoms with van der Waals surface area (Å²) in [6.07, 6.45) is 0.564. The van der Waals surface area contributed by atoms with Crippen LogP contribution in [0.2, 0.25) is 0 Å². The maximum atomic E-state index is 13.1. The average Bonchev–Trinajstić information content (AvgIpc) is 2.57. The average molecular weight is 343 g/mol. The molecule has 0 heterocycles. The lowest BCUT2D eigenvalue weighted by Gasteiger charge is -2.11. The van der Waals surface area contributed by atoms with E-state index >= 15 is 0 Å². The standard InChI is InChI=1S/C19H22FN3O2/c1-13-6-8-17(14(2)10-13)21-12-19(25)23-22-18(24)9-7-15-4-3-5-16(20)11-15/h3-6,8,10-11,21H,7,9,12H2,1-2H3,(H,22,24)(H,23,25). The molecule has 0 aliphatic rings. The van der Waals surface area contributed by atoms with E-state index in [1.165, 1.54) is 12.1 Å². The number of benzene rings is 2. The molecule has 2 rings (SSSR count). The number of nitrogens with one attached hydrogen (secondary N) is 3. The molecule has 0 aliphatic heterocycles.